The van der Waals surface area contributed by atoms with Crippen LogP contribution in [0.2, 0.25) is 0 Å². The first-order valence-corrected chi connectivity index (χ1v) is 11.5. The predicted octanol–water partition coefficient (Wildman–Crippen LogP) is 2.08. The lowest BCUT2D eigenvalue weighted by atomic mass is 10.0. The molecule has 2 aliphatic heterocycles. The van der Waals surface area contributed by atoms with Crippen molar-refractivity contribution in [1.82, 2.24) is 34.0 Å². The average Bonchev–Trinajstić information content (AvgIpc) is 3.56. The monoisotopic (exact) mass is 446 g/mol. The number of hydrogen-bond acceptors (Lipinski definition) is 6. The molecule has 2 fully saturated rings. The fourth-order valence-corrected chi connectivity index (χ4v) is 5.24. The fourth-order valence-electron chi connectivity index (χ4n) is 5.24. The molecule has 1 N–H and O–H groups in total. The van der Waals surface area contributed by atoms with Gasteiger partial charge in [0.25, 0.3) is 5.91 Å². The highest BCUT2D eigenvalue weighted by Crippen LogP contribution is 2.30. The van der Waals surface area contributed by atoms with E-state index in [4.69, 9.17) is 4.98 Å². The van der Waals surface area contributed by atoms with Gasteiger partial charge in [0, 0.05) is 39.3 Å². The SMILES string of the molecule is Cn1c(C(=O)N2CCCC2)nc2c(N3CCC(n4c(=O)[nH]c5ccccc54)CC3)ncnc21. The number of nitrogens with zero attached hydrogens (tertiary/aromatic N) is 7. The summed E-state index contributed by atoms with van der Waals surface area (Å²) in [5, 5.41) is 0. The van der Waals surface area contributed by atoms with E-state index in [1.165, 1.54) is 0 Å². The summed E-state index contributed by atoms with van der Waals surface area (Å²) >= 11 is 0. The third kappa shape index (κ3) is 3.20. The Balaban J connectivity index is 1.28. The number of hydrogen-bond donors (Lipinski definition) is 1. The van der Waals surface area contributed by atoms with Gasteiger partial charge in [0.05, 0.1) is 11.0 Å². The molecular weight excluding hydrogens is 420 g/mol. The molecule has 0 atom stereocenters. The number of benzene rings is 1. The predicted molar refractivity (Wildman–Crippen MR) is 124 cm³/mol. The number of aromatic nitrogens is 6. The van der Waals surface area contributed by atoms with Crippen LogP contribution in [0.15, 0.2) is 35.4 Å². The van der Waals surface area contributed by atoms with E-state index in [1.807, 2.05) is 40.8 Å². The van der Waals surface area contributed by atoms with Crippen molar-refractivity contribution in [3.63, 3.8) is 0 Å². The van der Waals surface area contributed by atoms with Crippen LogP contribution in [0.4, 0.5) is 5.82 Å². The molecule has 2 aliphatic rings. The molecule has 0 saturated carbocycles. The number of para-hydroxylation sites is 2. The van der Waals surface area contributed by atoms with Gasteiger partial charge in [0.15, 0.2) is 17.0 Å². The molecule has 2 saturated heterocycles. The summed E-state index contributed by atoms with van der Waals surface area (Å²) in [4.78, 5) is 46.2. The quantitative estimate of drug-likeness (QED) is 0.517. The molecule has 0 radical (unpaired) electrons. The van der Waals surface area contributed by atoms with Gasteiger partial charge >= 0.3 is 5.69 Å². The van der Waals surface area contributed by atoms with Gasteiger partial charge in [-0.3, -0.25) is 9.36 Å². The van der Waals surface area contributed by atoms with E-state index in [9.17, 15) is 9.59 Å². The molecule has 0 bridgehead atoms. The summed E-state index contributed by atoms with van der Waals surface area (Å²) in [6.07, 6.45) is 5.25. The Hall–Kier alpha value is -3.69. The zero-order valence-electron chi connectivity index (χ0n) is 18.6. The number of rotatable bonds is 3. The van der Waals surface area contributed by atoms with Gasteiger partial charge in [0.1, 0.15) is 6.33 Å². The number of aromatic amines is 1. The van der Waals surface area contributed by atoms with E-state index in [2.05, 4.69) is 19.9 Å². The Labute approximate surface area is 189 Å². The molecular formula is C23H26N8O2. The number of fused-ring (bicyclic) bond motifs is 2. The van der Waals surface area contributed by atoms with E-state index < -0.39 is 0 Å². The molecule has 0 unspecified atom stereocenters. The van der Waals surface area contributed by atoms with Crippen molar-refractivity contribution in [2.75, 3.05) is 31.1 Å². The second kappa shape index (κ2) is 7.72. The van der Waals surface area contributed by atoms with Crippen molar-refractivity contribution in [2.45, 2.75) is 31.7 Å². The lowest BCUT2D eigenvalue weighted by molar-refractivity contribution is 0.0777. The standard InChI is InChI=1S/C23H26N8O2/c1-28-19-18(27-21(28)22(32)30-10-4-5-11-30)20(25-14-24-19)29-12-8-15(9-13-29)31-17-7-3-2-6-16(17)26-23(31)33/h2-3,6-7,14-15H,4-5,8-13H2,1H3,(H,26,33). The Morgan fingerprint density at radius 3 is 2.61 bits per heavy atom. The number of likely N-dealkylation sites (tertiary alicyclic amines) is 1. The summed E-state index contributed by atoms with van der Waals surface area (Å²) in [5.41, 5.74) is 3.07. The number of piperidine rings is 1. The Bertz CT molecular complexity index is 1400. The molecule has 6 rings (SSSR count). The topological polar surface area (TPSA) is 105 Å². The van der Waals surface area contributed by atoms with Gasteiger partial charge < -0.3 is 19.4 Å². The highest BCUT2D eigenvalue weighted by molar-refractivity contribution is 5.96. The molecule has 1 aromatic carbocycles. The molecule has 10 nitrogen and oxygen atoms in total. The molecule has 5 heterocycles. The van der Waals surface area contributed by atoms with Crippen LogP contribution >= 0.6 is 0 Å². The molecule has 10 heteroatoms. The number of nitrogens with one attached hydrogen (secondary N) is 1. The van der Waals surface area contributed by atoms with Gasteiger partial charge in [-0.1, -0.05) is 12.1 Å². The van der Waals surface area contributed by atoms with Crippen molar-refractivity contribution >= 4 is 33.9 Å². The first-order chi connectivity index (χ1) is 16.1. The lowest BCUT2D eigenvalue weighted by Crippen LogP contribution is -2.37. The van der Waals surface area contributed by atoms with Crippen molar-refractivity contribution in [1.29, 1.82) is 0 Å². The average molecular weight is 447 g/mol. The number of H-pyrrole nitrogens is 1. The zero-order chi connectivity index (χ0) is 22.5. The molecule has 0 aliphatic carbocycles. The number of anilines is 1. The molecule has 4 aromatic rings. The van der Waals surface area contributed by atoms with E-state index in [1.54, 1.807) is 10.9 Å². The van der Waals surface area contributed by atoms with E-state index in [0.29, 0.717) is 17.0 Å². The van der Waals surface area contributed by atoms with Crippen LogP contribution in [0.1, 0.15) is 42.3 Å². The summed E-state index contributed by atoms with van der Waals surface area (Å²) in [6, 6.07) is 7.93. The first kappa shape index (κ1) is 20.0. The third-order valence-corrected chi connectivity index (χ3v) is 6.97. The minimum Gasteiger partial charge on any atom is -0.355 e. The van der Waals surface area contributed by atoms with Gasteiger partial charge in [-0.25, -0.2) is 19.7 Å². The molecule has 33 heavy (non-hydrogen) atoms. The maximum atomic E-state index is 13.0. The fraction of sp³-hybridized carbons (Fsp3) is 0.435. The van der Waals surface area contributed by atoms with Crippen molar-refractivity contribution < 1.29 is 4.79 Å². The van der Waals surface area contributed by atoms with Gasteiger partial charge in [0.2, 0.25) is 5.82 Å². The van der Waals surface area contributed by atoms with Crippen molar-refractivity contribution in [2.24, 2.45) is 7.05 Å². The highest BCUT2D eigenvalue weighted by Gasteiger charge is 2.29. The van der Waals surface area contributed by atoms with Crippen LogP contribution in [-0.2, 0) is 7.05 Å². The smallest absolute Gasteiger partial charge is 0.326 e. The number of carbonyl (C=O) groups is 1. The summed E-state index contributed by atoms with van der Waals surface area (Å²) < 4.78 is 3.66. The maximum Gasteiger partial charge on any atom is 0.326 e. The normalized spacial score (nSPS) is 17.5. The van der Waals surface area contributed by atoms with E-state index in [-0.39, 0.29) is 17.6 Å². The molecule has 3 aromatic heterocycles. The minimum absolute atomic E-state index is 0.0450. The lowest BCUT2D eigenvalue weighted by Gasteiger charge is -2.33. The highest BCUT2D eigenvalue weighted by atomic mass is 16.2. The van der Waals surface area contributed by atoms with Crippen LogP contribution in [0.25, 0.3) is 22.2 Å². The van der Waals surface area contributed by atoms with Crippen LogP contribution in [-0.4, -0.2) is 66.1 Å². The number of carbonyl (C=O) groups excluding carboxylic acids is 1. The maximum absolute atomic E-state index is 13.0. The Morgan fingerprint density at radius 2 is 1.82 bits per heavy atom. The van der Waals surface area contributed by atoms with E-state index in [0.717, 1.165) is 68.7 Å². The zero-order valence-corrected chi connectivity index (χ0v) is 18.6. The number of imidazole rings is 2. The second-order valence-electron chi connectivity index (χ2n) is 8.90. The summed E-state index contributed by atoms with van der Waals surface area (Å²) in [5.74, 6) is 1.12. The Morgan fingerprint density at radius 1 is 1.06 bits per heavy atom. The first-order valence-electron chi connectivity index (χ1n) is 11.5. The summed E-state index contributed by atoms with van der Waals surface area (Å²) in [6.45, 7) is 3.05. The minimum atomic E-state index is -0.0612. The second-order valence-corrected chi connectivity index (χ2v) is 8.90. The number of amides is 1. The number of aryl methyl sites for hydroxylation is 1. The van der Waals surface area contributed by atoms with Crippen LogP contribution in [0.3, 0.4) is 0 Å². The Kier molecular flexibility index (Phi) is 4.67. The van der Waals surface area contributed by atoms with E-state index >= 15 is 0 Å². The largest absolute Gasteiger partial charge is 0.355 e. The molecule has 170 valence electrons. The van der Waals surface area contributed by atoms with Crippen molar-refractivity contribution in [3.8, 4) is 0 Å². The molecule has 0 spiro atoms. The van der Waals surface area contributed by atoms with Crippen LogP contribution < -0.4 is 10.6 Å². The van der Waals surface area contributed by atoms with Gasteiger partial charge in [-0.05, 0) is 37.8 Å². The summed E-state index contributed by atoms with van der Waals surface area (Å²) in [7, 11) is 1.84. The third-order valence-electron chi connectivity index (χ3n) is 6.97. The van der Waals surface area contributed by atoms with Gasteiger partial charge in [-0.2, -0.15) is 0 Å². The van der Waals surface area contributed by atoms with Crippen LogP contribution in [0, 0.1) is 0 Å². The van der Waals surface area contributed by atoms with Crippen LogP contribution in [0.5, 0.6) is 0 Å². The van der Waals surface area contributed by atoms with Gasteiger partial charge in [-0.15, -0.1) is 0 Å². The molecule has 1 amide bonds. The van der Waals surface area contributed by atoms with Crippen molar-refractivity contribution in [3.05, 3.63) is 46.9 Å².